The average Bonchev–Trinajstić information content (AvgIpc) is 3.04. The number of aromatic nitrogens is 2. The van der Waals surface area contributed by atoms with E-state index in [2.05, 4.69) is 15.3 Å². The van der Waals surface area contributed by atoms with Crippen LogP contribution in [0.15, 0.2) is 47.4 Å². The molecule has 1 aliphatic rings. The molecule has 0 aliphatic carbocycles. The lowest BCUT2D eigenvalue weighted by Gasteiger charge is -2.06. The Morgan fingerprint density at radius 1 is 1.13 bits per heavy atom. The number of primary sulfonamides is 1. The van der Waals surface area contributed by atoms with Crippen LogP contribution in [0.2, 0.25) is 0 Å². The van der Waals surface area contributed by atoms with E-state index in [1.807, 2.05) is 24.3 Å². The Morgan fingerprint density at radius 3 is 2.65 bits per heavy atom. The third kappa shape index (κ3) is 2.19. The van der Waals surface area contributed by atoms with Crippen LogP contribution in [0.3, 0.4) is 0 Å². The number of benzene rings is 2. The summed E-state index contributed by atoms with van der Waals surface area (Å²) in [6, 6.07) is 11.7. The molecule has 1 aromatic heterocycles. The third-order valence-electron chi connectivity index (χ3n) is 3.86. The molecule has 116 valence electrons. The van der Waals surface area contributed by atoms with Crippen LogP contribution in [0, 0.1) is 0 Å². The molecule has 0 fully saturated rings. The monoisotopic (exact) mass is 328 g/mol. The molecule has 0 saturated heterocycles. The molecule has 2 aromatic carbocycles. The minimum absolute atomic E-state index is 0.0335. The Labute approximate surface area is 131 Å². The number of hydrogen-bond acceptors (Lipinski definition) is 4. The van der Waals surface area contributed by atoms with Crippen molar-refractivity contribution in [2.24, 2.45) is 5.14 Å². The number of nitrogens with one attached hydrogen (secondary N) is 2. The highest BCUT2D eigenvalue weighted by Crippen LogP contribution is 2.37. The van der Waals surface area contributed by atoms with E-state index in [1.54, 1.807) is 0 Å². The van der Waals surface area contributed by atoms with Crippen molar-refractivity contribution in [1.29, 1.82) is 0 Å². The van der Waals surface area contributed by atoms with E-state index in [9.17, 15) is 13.2 Å². The van der Waals surface area contributed by atoms with Crippen molar-refractivity contribution < 1.29 is 13.2 Å². The van der Waals surface area contributed by atoms with Gasteiger partial charge in [0.2, 0.25) is 15.9 Å². The molecule has 4 rings (SSSR count). The van der Waals surface area contributed by atoms with Crippen molar-refractivity contribution in [2.45, 2.75) is 10.8 Å². The Morgan fingerprint density at radius 2 is 1.91 bits per heavy atom. The number of nitrogens with zero attached hydrogens (tertiary/aromatic N) is 1. The maximum absolute atomic E-state index is 12.3. The number of para-hydroxylation sites is 2. The maximum atomic E-state index is 12.3. The first-order valence-electron chi connectivity index (χ1n) is 6.86. The van der Waals surface area contributed by atoms with E-state index in [0.29, 0.717) is 17.1 Å². The fourth-order valence-corrected chi connectivity index (χ4v) is 3.35. The lowest BCUT2D eigenvalue weighted by Crippen LogP contribution is -2.15. The van der Waals surface area contributed by atoms with Crippen LogP contribution in [-0.2, 0) is 14.8 Å². The van der Waals surface area contributed by atoms with Crippen molar-refractivity contribution in [1.82, 2.24) is 9.97 Å². The third-order valence-corrected chi connectivity index (χ3v) is 4.77. The molecule has 8 heteroatoms. The number of sulfonamides is 1. The summed E-state index contributed by atoms with van der Waals surface area (Å²) in [6.45, 7) is 0. The van der Waals surface area contributed by atoms with Crippen LogP contribution in [0.5, 0.6) is 0 Å². The van der Waals surface area contributed by atoms with Crippen molar-refractivity contribution in [2.75, 3.05) is 5.32 Å². The zero-order valence-electron chi connectivity index (χ0n) is 11.8. The maximum Gasteiger partial charge on any atom is 0.239 e. The Balaban J connectivity index is 1.89. The number of hydrogen-bond donors (Lipinski definition) is 3. The van der Waals surface area contributed by atoms with Crippen molar-refractivity contribution in [3.8, 4) is 0 Å². The lowest BCUT2D eigenvalue weighted by atomic mass is 10.0. The van der Waals surface area contributed by atoms with Crippen molar-refractivity contribution in [3.63, 3.8) is 0 Å². The van der Waals surface area contributed by atoms with Gasteiger partial charge >= 0.3 is 0 Å². The first kappa shape index (κ1) is 13.9. The van der Waals surface area contributed by atoms with Crippen molar-refractivity contribution >= 4 is 32.7 Å². The van der Waals surface area contributed by atoms with Crippen LogP contribution in [0.1, 0.15) is 17.3 Å². The van der Waals surface area contributed by atoms with E-state index in [-0.39, 0.29) is 10.8 Å². The number of aromatic amines is 1. The molecule has 3 aromatic rings. The van der Waals surface area contributed by atoms with E-state index in [0.717, 1.165) is 11.0 Å². The van der Waals surface area contributed by atoms with Crippen LogP contribution >= 0.6 is 0 Å². The first-order chi connectivity index (χ1) is 10.9. The van der Waals surface area contributed by atoms with Gasteiger partial charge in [-0.15, -0.1) is 0 Å². The predicted molar refractivity (Wildman–Crippen MR) is 84.4 cm³/mol. The topological polar surface area (TPSA) is 118 Å². The van der Waals surface area contributed by atoms with E-state index >= 15 is 0 Å². The van der Waals surface area contributed by atoms with Gasteiger partial charge in [0.05, 0.1) is 15.9 Å². The van der Waals surface area contributed by atoms with Gasteiger partial charge in [-0.05, 0) is 35.9 Å². The summed E-state index contributed by atoms with van der Waals surface area (Å²) in [5.41, 5.74) is 2.66. The van der Waals surface area contributed by atoms with Crippen LogP contribution < -0.4 is 10.5 Å². The standard InChI is InChI=1S/C15H12N4O3S/c16-23(21,22)8-5-6-10-9(7-8)13(15(20)19-10)14-17-11-3-1-2-4-12(11)18-14/h1-7,13H,(H,17,18)(H,19,20)(H2,16,21,22). The number of amides is 1. The Hall–Kier alpha value is -2.71. The normalized spacial score (nSPS) is 17.3. The number of rotatable bonds is 2. The molecule has 0 bridgehead atoms. The van der Waals surface area contributed by atoms with Gasteiger partial charge in [0.1, 0.15) is 11.7 Å². The Kier molecular flexibility index (Phi) is 2.81. The fourth-order valence-electron chi connectivity index (χ4n) is 2.80. The predicted octanol–water partition coefficient (Wildman–Crippen LogP) is 1.29. The minimum atomic E-state index is -3.84. The van der Waals surface area contributed by atoms with Crippen LogP contribution in [-0.4, -0.2) is 24.3 Å². The number of fused-ring (bicyclic) bond motifs is 2. The molecule has 2 heterocycles. The number of carbonyl (C=O) groups is 1. The zero-order valence-corrected chi connectivity index (χ0v) is 12.6. The van der Waals surface area contributed by atoms with Gasteiger partial charge < -0.3 is 10.3 Å². The second kappa shape index (κ2) is 4.64. The summed E-state index contributed by atoms with van der Waals surface area (Å²) < 4.78 is 23.1. The van der Waals surface area contributed by atoms with Gasteiger partial charge in [-0.1, -0.05) is 12.1 Å². The molecule has 1 amide bonds. The summed E-state index contributed by atoms with van der Waals surface area (Å²) in [5.74, 6) is -0.487. The molecule has 0 radical (unpaired) electrons. The highest BCUT2D eigenvalue weighted by molar-refractivity contribution is 7.89. The molecule has 0 spiro atoms. The number of anilines is 1. The quantitative estimate of drug-likeness (QED) is 0.657. The summed E-state index contributed by atoms with van der Waals surface area (Å²) >= 11 is 0. The number of imidazole rings is 1. The van der Waals surface area contributed by atoms with E-state index in [4.69, 9.17) is 5.14 Å². The first-order valence-corrected chi connectivity index (χ1v) is 8.40. The molecule has 7 nitrogen and oxygen atoms in total. The van der Waals surface area contributed by atoms with E-state index < -0.39 is 15.9 Å². The molecule has 0 saturated carbocycles. The molecule has 1 atom stereocenters. The lowest BCUT2D eigenvalue weighted by molar-refractivity contribution is -0.116. The second-order valence-corrected chi connectivity index (χ2v) is 6.92. The second-order valence-electron chi connectivity index (χ2n) is 5.36. The zero-order chi connectivity index (χ0) is 16.2. The number of carbonyl (C=O) groups excluding carboxylic acids is 1. The highest BCUT2D eigenvalue weighted by Gasteiger charge is 2.35. The fraction of sp³-hybridized carbons (Fsp3) is 0.0667. The van der Waals surface area contributed by atoms with Gasteiger partial charge in [-0.3, -0.25) is 4.79 Å². The van der Waals surface area contributed by atoms with E-state index in [1.165, 1.54) is 18.2 Å². The highest BCUT2D eigenvalue weighted by atomic mass is 32.2. The summed E-state index contributed by atoms with van der Waals surface area (Å²) in [4.78, 5) is 19.8. The number of H-pyrrole nitrogens is 1. The molecule has 1 aliphatic heterocycles. The Bertz CT molecular complexity index is 1020. The molecular weight excluding hydrogens is 316 g/mol. The molecular formula is C15H12N4O3S. The number of nitrogens with two attached hydrogens (primary N) is 1. The average molecular weight is 328 g/mol. The SMILES string of the molecule is NS(=O)(=O)c1ccc2c(c1)C(c1nc3ccccc3[nH]1)C(=O)N2. The summed E-state index contributed by atoms with van der Waals surface area (Å²) in [6.07, 6.45) is 0. The van der Waals surface area contributed by atoms with Gasteiger partial charge in [0.15, 0.2) is 0 Å². The minimum Gasteiger partial charge on any atom is -0.341 e. The van der Waals surface area contributed by atoms with Gasteiger partial charge in [-0.2, -0.15) is 0 Å². The van der Waals surface area contributed by atoms with Crippen LogP contribution in [0.25, 0.3) is 11.0 Å². The molecule has 4 N–H and O–H groups in total. The summed E-state index contributed by atoms with van der Waals surface area (Å²) in [7, 11) is -3.84. The summed E-state index contributed by atoms with van der Waals surface area (Å²) in [5, 5.41) is 7.91. The van der Waals surface area contributed by atoms with Crippen LogP contribution in [0.4, 0.5) is 5.69 Å². The smallest absolute Gasteiger partial charge is 0.239 e. The molecule has 23 heavy (non-hydrogen) atoms. The molecule has 1 unspecified atom stereocenters. The van der Waals surface area contributed by atoms with Gasteiger partial charge in [-0.25, -0.2) is 18.5 Å². The van der Waals surface area contributed by atoms with Crippen molar-refractivity contribution in [3.05, 3.63) is 53.9 Å². The van der Waals surface area contributed by atoms with Gasteiger partial charge in [0, 0.05) is 5.69 Å². The largest absolute Gasteiger partial charge is 0.341 e. The van der Waals surface area contributed by atoms with Gasteiger partial charge in [0.25, 0.3) is 0 Å².